The number of methoxy groups -OCH3 is 1. The van der Waals surface area contributed by atoms with Crippen molar-refractivity contribution in [3.63, 3.8) is 0 Å². The van der Waals surface area contributed by atoms with Crippen LogP contribution >= 0.6 is 19.4 Å². The molecule has 0 aliphatic heterocycles. The molecular weight excluding hydrogens is 443 g/mol. The van der Waals surface area contributed by atoms with Crippen molar-refractivity contribution < 1.29 is 33.7 Å². The maximum atomic E-state index is 10.8. The Morgan fingerprint density at radius 1 is 1.13 bits per heavy atom. The molecule has 0 radical (unpaired) electrons. The standard InChI is InChI=1S/C21H26ClN2O6P/c1-29-16-6-8-19-18(11-16)21(17-7-5-15(22)10-20(17)24-19)23-9-3-2-4-14(12-25)13-30-31(26,27)28/h5-8,10-11,14,25H,2-4,9,12-13H2,1H3,(H,23,24)(H2,26,27,28)/p+1. The Morgan fingerprint density at radius 3 is 2.65 bits per heavy atom. The summed E-state index contributed by atoms with van der Waals surface area (Å²) in [6, 6.07) is 11.5. The highest BCUT2D eigenvalue weighted by atomic mass is 35.5. The maximum Gasteiger partial charge on any atom is 0.469 e. The summed E-state index contributed by atoms with van der Waals surface area (Å²) in [6.07, 6.45) is 2.18. The largest absolute Gasteiger partial charge is 0.497 e. The third-order valence-electron chi connectivity index (χ3n) is 5.09. The monoisotopic (exact) mass is 469 g/mol. The minimum atomic E-state index is -4.52. The molecule has 3 rings (SSSR count). The van der Waals surface area contributed by atoms with Crippen LogP contribution in [0, 0.1) is 5.92 Å². The molecule has 1 atom stereocenters. The normalized spacial score (nSPS) is 12.9. The molecular formula is C21H27ClN2O6P+. The fraction of sp³-hybridized carbons (Fsp3) is 0.381. The summed E-state index contributed by atoms with van der Waals surface area (Å²) in [7, 11) is -2.89. The second kappa shape index (κ2) is 10.6. The molecule has 168 valence electrons. The third-order valence-corrected chi connectivity index (χ3v) is 5.81. The van der Waals surface area contributed by atoms with Crippen LogP contribution in [0.4, 0.5) is 5.69 Å². The molecule has 0 aliphatic carbocycles. The Labute approximate surface area is 185 Å². The topological polar surface area (TPSA) is 122 Å². The van der Waals surface area contributed by atoms with Crippen LogP contribution in [0.15, 0.2) is 36.4 Å². The number of ether oxygens (including phenoxy) is 1. The number of rotatable bonds is 11. The first-order valence-corrected chi connectivity index (χ1v) is 11.9. The van der Waals surface area contributed by atoms with Crippen molar-refractivity contribution in [1.82, 2.24) is 0 Å². The molecule has 0 amide bonds. The molecule has 31 heavy (non-hydrogen) atoms. The van der Waals surface area contributed by atoms with Gasteiger partial charge in [-0.1, -0.05) is 18.0 Å². The lowest BCUT2D eigenvalue weighted by Gasteiger charge is -2.15. The van der Waals surface area contributed by atoms with E-state index in [9.17, 15) is 9.67 Å². The number of halogens is 1. The van der Waals surface area contributed by atoms with Crippen LogP contribution in [-0.2, 0) is 9.09 Å². The molecule has 1 aromatic heterocycles. The van der Waals surface area contributed by atoms with Gasteiger partial charge in [-0.2, -0.15) is 0 Å². The first kappa shape index (κ1) is 23.7. The maximum absolute atomic E-state index is 10.8. The number of hydrogen-bond acceptors (Lipinski definition) is 5. The second-order valence-electron chi connectivity index (χ2n) is 7.36. The fourth-order valence-electron chi connectivity index (χ4n) is 3.49. The number of pyridine rings is 1. The number of nitrogens with one attached hydrogen (secondary N) is 2. The molecule has 1 heterocycles. The smallest absolute Gasteiger partial charge is 0.469 e. The molecule has 0 bridgehead atoms. The summed E-state index contributed by atoms with van der Waals surface area (Å²) in [4.78, 5) is 21.0. The highest BCUT2D eigenvalue weighted by Gasteiger charge is 2.18. The van der Waals surface area contributed by atoms with Crippen molar-refractivity contribution in [1.29, 1.82) is 0 Å². The van der Waals surface area contributed by atoms with Gasteiger partial charge in [0.2, 0.25) is 11.0 Å². The van der Waals surface area contributed by atoms with Gasteiger partial charge in [-0.25, -0.2) is 9.55 Å². The number of aromatic nitrogens is 1. The lowest BCUT2D eigenvalue weighted by Crippen LogP contribution is -2.14. The fourth-order valence-corrected chi connectivity index (χ4v) is 4.06. The van der Waals surface area contributed by atoms with Crippen LogP contribution in [-0.4, -0.2) is 41.8 Å². The molecule has 5 N–H and O–H groups in total. The zero-order valence-corrected chi connectivity index (χ0v) is 18.8. The number of anilines is 1. The van der Waals surface area contributed by atoms with E-state index < -0.39 is 7.82 Å². The molecule has 0 saturated carbocycles. The lowest BCUT2D eigenvalue weighted by atomic mass is 10.0. The van der Waals surface area contributed by atoms with Gasteiger partial charge >= 0.3 is 7.82 Å². The summed E-state index contributed by atoms with van der Waals surface area (Å²) < 4.78 is 20.7. The number of fused-ring (bicyclic) bond motifs is 2. The van der Waals surface area contributed by atoms with Crippen LogP contribution in [0.2, 0.25) is 5.02 Å². The number of benzene rings is 2. The summed E-state index contributed by atoms with van der Waals surface area (Å²) in [6.45, 7) is 0.335. The average molecular weight is 470 g/mol. The van der Waals surface area contributed by atoms with Crippen LogP contribution in [0.25, 0.3) is 21.8 Å². The van der Waals surface area contributed by atoms with E-state index in [1.807, 2.05) is 36.4 Å². The second-order valence-corrected chi connectivity index (χ2v) is 9.03. The average Bonchev–Trinajstić information content (AvgIpc) is 2.73. The number of aromatic amines is 1. The van der Waals surface area contributed by atoms with Gasteiger partial charge < -0.3 is 24.9 Å². The highest BCUT2D eigenvalue weighted by molar-refractivity contribution is 7.46. The zero-order valence-electron chi connectivity index (χ0n) is 17.2. The zero-order chi connectivity index (χ0) is 22.4. The molecule has 1 unspecified atom stereocenters. The van der Waals surface area contributed by atoms with Gasteiger partial charge in [0.15, 0.2) is 0 Å². The number of phosphoric acid groups is 1. The lowest BCUT2D eigenvalue weighted by molar-refractivity contribution is -0.310. The molecule has 3 aromatic rings. The molecule has 0 fully saturated rings. The van der Waals surface area contributed by atoms with Crippen LogP contribution in [0.5, 0.6) is 5.75 Å². The molecule has 0 aliphatic rings. The molecule has 0 spiro atoms. The number of phosphoric ester groups is 1. The first-order chi connectivity index (χ1) is 14.8. The van der Waals surface area contributed by atoms with E-state index in [0.717, 1.165) is 46.1 Å². The van der Waals surface area contributed by atoms with Gasteiger partial charge in [0.1, 0.15) is 5.75 Å². The molecule has 10 heteroatoms. The van der Waals surface area contributed by atoms with E-state index in [1.54, 1.807) is 7.11 Å². The Kier molecular flexibility index (Phi) is 8.11. The Bertz CT molecular complexity index is 1090. The Balaban J connectivity index is 1.70. The van der Waals surface area contributed by atoms with Gasteiger partial charge in [0, 0.05) is 36.2 Å². The van der Waals surface area contributed by atoms with Crippen molar-refractivity contribution >= 4 is 46.9 Å². The minimum Gasteiger partial charge on any atom is -0.497 e. The van der Waals surface area contributed by atoms with Crippen molar-refractivity contribution in [3.05, 3.63) is 41.4 Å². The van der Waals surface area contributed by atoms with Crippen molar-refractivity contribution in [3.8, 4) is 5.75 Å². The SMILES string of the molecule is COc1ccc2[nH+]c3cc(Cl)ccc3c(NCCCCC(CO)COP(=O)(O)O)c2c1. The van der Waals surface area contributed by atoms with Crippen LogP contribution in [0.3, 0.4) is 0 Å². The summed E-state index contributed by atoms with van der Waals surface area (Å²) >= 11 is 6.17. The van der Waals surface area contributed by atoms with E-state index >= 15 is 0 Å². The van der Waals surface area contributed by atoms with Gasteiger partial charge in [-0.15, -0.1) is 0 Å². The Hall–Kier alpha value is -1.93. The minimum absolute atomic E-state index is 0.168. The summed E-state index contributed by atoms with van der Waals surface area (Å²) in [5.74, 6) is 0.445. The van der Waals surface area contributed by atoms with E-state index in [2.05, 4.69) is 14.8 Å². The quantitative estimate of drug-likeness (QED) is 0.191. The van der Waals surface area contributed by atoms with Crippen molar-refractivity contribution in [2.45, 2.75) is 19.3 Å². The summed E-state index contributed by atoms with van der Waals surface area (Å²) in [5, 5.41) is 15.6. The molecule has 2 aromatic carbocycles. The van der Waals surface area contributed by atoms with E-state index in [0.29, 0.717) is 18.0 Å². The summed E-state index contributed by atoms with van der Waals surface area (Å²) in [5.41, 5.74) is 2.85. The predicted octanol–water partition coefficient (Wildman–Crippen LogP) is 3.77. The first-order valence-electron chi connectivity index (χ1n) is 9.98. The number of aliphatic hydroxyl groups is 1. The van der Waals surface area contributed by atoms with Crippen molar-refractivity contribution in [2.75, 3.05) is 32.2 Å². The predicted molar refractivity (Wildman–Crippen MR) is 120 cm³/mol. The number of H-pyrrole nitrogens is 1. The van der Waals surface area contributed by atoms with E-state index in [4.69, 9.17) is 26.1 Å². The van der Waals surface area contributed by atoms with Crippen molar-refractivity contribution in [2.24, 2.45) is 5.92 Å². The van der Waals surface area contributed by atoms with Crippen LogP contribution in [0.1, 0.15) is 19.3 Å². The number of unbranched alkanes of at least 4 members (excludes halogenated alkanes) is 1. The molecule has 0 saturated heterocycles. The van der Waals surface area contributed by atoms with Gasteiger partial charge in [0.25, 0.3) is 0 Å². The van der Waals surface area contributed by atoms with Gasteiger partial charge in [-0.05, 0) is 37.1 Å². The number of aliphatic hydroxyl groups excluding tert-OH is 1. The third kappa shape index (κ3) is 6.53. The highest BCUT2D eigenvalue weighted by Crippen LogP contribution is 2.36. The van der Waals surface area contributed by atoms with Gasteiger partial charge in [0.05, 0.1) is 30.2 Å². The van der Waals surface area contributed by atoms with Crippen LogP contribution < -0.4 is 15.0 Å². The van der Waals surface area contributed by atoms with E-state index in [1.165, 1.54) is 0 Å². The molecule has 8 nitrogen and oxygen atoms in total. The Morgan fingerprint density at radius 2 is 1.94 bits per heavy atom. The van der Waals surface area contributed by atoms with E-state index in [-0.39, 0.29) is 19.1 Å². The number of hydrogen-bond donors (Lipinski definition) is 4. The van der Waals surface area contributed by atoms with Gasteiger partial charge in [-0.3, -0.25) is 4.52 Å².